The first kappa shape index (κ1) is 62.1. The van der Waals surface area contributed by atoms with Crippen LogP contribution >= 0.6 is 23.6 Å². The van der Waals surface area contributed by atoms with Gasteiger partial charge in [-0.25, -0.2) is 43.3 Å². The summed E-state index contributed by atoms with van der Waals surface area (Å²) in [6.07, 6.45) is 0. The van der Waals surface area contributed by atoms with E-state index in [-0.39, 0.29) is 133 Å². The van der Waals surface area contributed by atoms with Crippen LogP contribution in [0.15, 0.2) is 84.6 Å². The molecule has 0 bridgehead atoms. The van der Waals surface area contributed by atoms with Crippen LogP contribution in [0.1, 0.15) is 15.9 Å². The molecule has 0 aliphatic rings. The SMILES string of the molecule is O=C(NCCS(=O)(=O)CCOS(=O)(=O)[O-])Nc1cc(S(=O)(=O)[O-])cc(N=N/C(=N\[N-]c2cc(SOO[O-])ccc2C(=O)O)c2ccc(S(=O)(=O)CCCl)cc2)c1O.[Cu+].[Na+].[Na+].[Na+]. The van der Waals surface area contributed by atoms with Gasteiger partial charge in [0.1, 0.15) is 15.8 Å². The number of hydrogen-bond acceptors (Lipinski definition) is 20. The van der Waals surface area contributed by atoms with Crippen molar-refractivity contribution >= 4 is 98.7 Å². The number of aromatic carboxylic acids is 1. The molecule has 0 spiro atoms. The van der Waals surface area contributed by atoms with Crippen molar-refractivity contribution in [2.75, 3.05) is 41.6 Å². The van der Waals surface area contributed by atoms with Gasteiger partial charge in [-0.05, 0) is 48.5 Å². The molecule has 2 amide bonds. The molecular weight excluding hydrogens is 1020 g/mol. The monoisotopic (exact) mass is 1050 g/mol. The number of benzene rings is 3. The Hall–Kier alpha value is -1.01. The van der Waals surface area contributed by atoms with E-state index in [4.69, 9.17) is 11.6 Å². The standard InChI is InChI=1S/C27H29ClN6O18S5.Cu.3Na/c28-7-10-55(42,43)18-4-1-16(2-5-18)25(33-31-21-13-17(53-52-51-39)3-6-20(21)26(36)37)34-32-23-15-19(56(44,45)46)14-22(24(23)35)30-27(38)29-8-11-54(40,41)12-9-50-57(47,48)49;;;;/h1-6,13-15H,7-12H2,(H8,29,30,31,32,33,34,35,36,37,38,39,44,45,46,47,48,49);;;;/q;4*+1/p-4. The number of carboxylic acids is 1. The number of nitrogens with one attached hydrogen (secondary N) is 2. The third-order valence-corrected chi connectivity index (χ3v) is 12.2. The molecule has 3 aromatic carbocycles. The number of carbonyl (C=O) groups is 2. The Kier molecular flexibility index (Phi) is 28.6. The molecule has 4 N–H and O–H groups in total. The van der Waals surface area contributed by atoms with Crippen molar-refractivity contribution in [2.24, 2.45) is 15.3 Å². The number of carboxylic acid groups (broad SMARTS) is 1. The van der Waals surface area contributed by atoms with Crippen molar-refractivity contribution < 1.29 is 187 Å². The van der Waals surface area contributed by atoms with Gasteiger partial charge in [-0.3, -0.25) is 9.22 Å². The zero-order valence-electron chi connectivity index (χ0n) is 31.4. The molecule has 0 saturated heterocycles. The van der Waals surface area contributed by atoms with Crippen LogP contribution in [0.2, 0.25) is 0 Å². The van der Waals surface area contributed by atoms with Gasteiger partial charge in [-0.2, -0.15) is 4.33 Å². The first-order valence-corrected chi connectivity index (χ1v) is 22.3. The molecule has 0 fully saturated rings. The number of halogens is 1. The number of urea groups is 1. The summed E-state index contributed by atoms with van der Waals surface area (Å²) in [5.74, 6) is -5.39. The topological polar surface area (TPSA) is 383 Å². The molecule has 322 valence electrons. The number of amidine groups is 1. The summed E-state index contributed by atoms with van der Waals surface area (Å²) in [6.45, 7) is -1.63. The molecule has 0 heterocycles. The minimum Gasteiger partial charge on any atom is -0.744 e. The van der Waals surface area contributed by atoms with E-state index in [1.165, 1.54) is 18.2 Å². The Balaban J connectivity index is 0. The second-order valence-corrected chi connectivity index (χ2v) is 18.5. The number of amides is 2. The number of anilines is 1. The first-order valence-electron chi connectivity index (χ1n) is 14.8. The van der Waals surface area contributed by atoms with Crippen molar-refractivity contribution in [1.82, 2.24) is 5.32 Å². The van der Waals surface area contributed by atoms with Crippen LogP contribution in [-0.4, -0.2) is 107 Å². The molecule has 0 aliphatic carbocycles. The summed E-state index contributed by atoms with van der Waals surface area (Å²) < 4.78 is 125. The van der Waals surface area contributed by atoms with E-state index in [2.05, 4.69) is 39.6 Å². The van der Waals surface area contributed by atoms with E-state index in [0.29, 0.717) is 24.2 Å². The fraction of sp³-hybridized carbons (Fsp3) is 0.222. The predicted octanol–water partition coefficient (Wildman–Crippen LogP) is -7.59. The number of azo groups is 1. The van der Waals surface area contributed by atoms with Gasteiger partial charge in [0.05, 0.1) is 51.4 Å². The molecule has 3 rings (SSSR count). The Morgan fingerprint density at radius 2 is 1.52 bits per heavy atom. The zero-order chi connectivity index (χ0) is 42.6. The van der Waals surface area contributed by atoms with Gasteiger partial charge in [0.25, 0.3) is 0 Å². The average molecular weight is 1050 g/mol. The van der Waals surface area contributed by atoms with Crippen LogP contribution in [0.4, 0.5) is 21.9 Å². The van der Waals surface area contributed by atoms with Crippen LogP contribution in [0.5, 0.6) is 5.75 Å². The van der Waals surface area contributed by atoms with Gasteiger partial charge >= 0.3 is 118 Å². The number of nitrogens with zero attached hydrogens (tertiary/aromatic N) is 4. The van der Waals surface area contributed by atoms with Gasteiger partial charge in [0.2, 0.25) is 10.4 Å². The van der Waals surface area contributed by atoms with Crippen LogP contribution in [0.3, 0.4) is 0 Å². The van der Waals surface area contributed by atoms with Crippen LogP contribution in [-0.2, 0) is 70.8 Å². The zero-order valence-corrected chi connectivity index (χ0v) is 43.2. The molecule has 24 nitrogen and oxygen atoms in total. The fourth-order valence-corrected chi connectivity index (χ4v) is 7.86. The number of hydrogen-bond donors (Lipinski definition) is 4. The maximum absolute atomic E-state index is 12.5. The third kappa shape index (κ3) is 21.2. The Labute approximate surface area is 434 Å². The molecule has 34 heteroatoms. The first-order chi connectivity index (χ1) is 26.5. The Morgan fingerprint density at radius 1 is 0.885 bits per heavy atom. The third-order valence-electron chi connectivity index (χ3n) is 6.60. The molecular formula is C27H25ClCuN6Na3O18S5. The van der Waals surface area contributed by atoms with Crippen molar-refractivity contribution in [3.8, 4) is 5.75 Å². The smallest absolute Gasteiger partial charge is 0.744 e. The maximum Gasteiger partial charge on any atom is 1.00 e. The van der Waals surface area contributed by atoms with Crippen LogP contribution < -0.4 is 105 Å². The number of alkyl halides is 1. The summed E-state index contributed by atoms with van der Waals surface area (Å²) in [4.78, 5) is 23.2. The number of sulfone groups is 2. The van der Waals surface area contributed by atoms with E-state index in [1.54, 1.807) is 0 Å². The summed E-state index contributed by atoms with van der Waals surface area (Å²) >= 11 is 5.96. The second kappa shape index (κ2) is 28.1. The van der Waals surface area contributed by atoms with E-state index in [0.717, 1.165) is 24.3 Å². The normalized spacial score (nSPS) is 11.9. The second-order valence-electron chi connectivity index (χ2n) is 10.5. The molecule has 0 atom stereocenters. The van der Waals surface area contributed by atoms with Crippen molar-refractivity contribution in [3.63, 3.8) is 0 Å². The fourth-order valence-electron chi connectivity index (χ4n) is 4.01. The van der Waals surface area contributed by atoms with Crippen LogP contribution in [0, 0.1) is 0 Å². The van der Waals surface area contributed by atoms with Gasteiger partial charge < -0.3 is 45.7 Å². The quantitative estimate of drug-likeness (QED) is 0.00698. The van der Waals surface area contributed by atoms with E-state index >= 15 is 0 Å². The Bertz CT molecular complexity index is 2490. The largest absolute Gasteiger partial charge is 1.00 e. The molecule has 3 aromatic rings. The van der Waals surface area contributed by atoms with Gasteiger partial charge in [-0.15, -0.1) is 27.5 Å². The minimum atomic E-state index is -5.34. The van der Waals surface area contributed by atoms with E-state index in [1.807, 2.05) is 5.32 Å². The number of rotatable bonds is 20. The summed E-state index contributed by atoms with van der Waals surface area (Å²) in [7, 11) is -18.4. The number of phenols is 1. The van der Waals surface area contributed by atoms with Crippen molar-refractivity contribution in [3.05, 3.63) is 71.1 Å². The Morgan fingerprint density at radius 3 is 2.08 bits per heavy atom. The van der Waals surface area contributed by atoms with Gasteiger partial charge in [0, 0.05) is 28.4 Å². The number of carbonyl (C=O) groups excluding carboxylic acids is 1. The summed E-state index contributed by atoms with van der Waals surface area (Å²) in [5, 5.41) is 49.5. The summed E-state index contributed by atoms with van der Waals surface area (Å²) in [5.41, 5.74) is 1.46. The van der Waals surface area contributed by atoms with Crippen LogP contribution in [0.25, 0.3) is 5.43 Å². The van der Waals surface area contributed by atoms with Crippen molar-refractivity contribution in [1.29, 1.82) is 0 Å². The molecule has 0 radical (unpaired) electrons. The molecule has 0 aromatic heterocycles. The minimum absolute atomic E-state index is 0. The maximum atomic E-state index is 12.5. The molecule has 0 aliphatic heterocycles. The van der Waals surface area contributed by atoms with Crippen molar-refractivity contribution in [2.45, 2.75) is 14.7 Å². The molecule has 0 unspecified atom stereocenters. The average Bonchev–Trinajstić information content (AvgIpc) is 3.10. The van der Waals surface area contributed by atoms with E-state index < -0.39 is 116 Å². The summed E-state index contributed by atoms with van der Waals surface area (Å²) in [6, 6.07) is 7.82. The van der Waals surface area contributed by atoms with E-state index in [9.17, 15) is 67.8 Å². The molecule has 0 saturated carbocycles. The predicted molar refractivity (Wildman–Crippen MR) is 192 cm³/mol. The molecule has 61 heavy (non-hydrogen) atoms. The number of aromatic hydroxyl groups is 1. The number of phenolic OH excluding ortho intramolecular Hbond substituents is 1. The van der Waals surface area contributed by atoms with Gasteiger partial charge in [-0.1, -0.05) is 6.07 Å². The van der Waals surface area contributed by atoms with Gasteiger partial charge in [0.15, 0.2) is 31.3 Å².